The zero-order valence-corrected chi connectivity index (χ0v) is 18.4. The van der Waals surface area contributed by atoms with Crippen LogP contribution in [0, 0.1) is 30.6 Å². The first-order valence-corrected chi connectivity index (χ1v) is 11.4. The summed E-state index contributed by atoms with van der Waals surface area (Å²) in [6.45, 7) is 3.91. The summed E-state index contributed by atoms with van der Waals surface area (Å²) in [5, 5.41) is 16.1. The lowest BCUT2D eigenvalue weighted by molar-refractivity contribution is -0.151. The zero-order chi connectivity index (χ0) is 22.1. The second-order valence-corrected chi connectivity index (χ2v) is 9.41. The van der Waals surface area contributed by atoms with Crippen molar-refractivity contribution in [3.8, 4) is 0 Å². The van der Waals surface area contributed by atoms with Crippen molar-refractivity contribution in [3.05, 3.63) is 58.5 Å². The number of carbonyl (C=O) groups excluding carboxylic acids is 2. The number of fused-ring (bicyclic) bond motifs is 2. The quantitative estimate of drug-likeness (QED) is 0.569. The molecule has 0 spiro atoms. The number of allylic oxidation sites excluding steroid dienone is 2. The molecule has 4 atom stereocenters. The molecule has 2 amide bonds. The molecule has 1 saturated carbocycles. The number of aliphatic carboxylic acids is 1. The van der Waals surface area contributed by atoms with Crippen molar-refractivity contribution in [3.63, 3.8) is 0 Å². The molecule has 31 heavy (non-hydrogen) atoms. The fraction of sp³-hybridized carbons (Fsp3) is 0.375. The molecule has 0 aliphatic heterocycles. The van der Waals surface area contributed by atoms with Gasteiger partial charge in [0, 0.05) is 10.6 Å². The number of nitrogens with one attached hydrogen (secondary N) is 2. The van der Waals surface area contributed by atoms with Gasteiger partial charge in [0.1, 0.15) is 5.00 Å². The van der Waals surface area contributed by atoms with Crippen LogP contribution in [0.4, 0.5) is 10.7 Å². The maximum atomic E-state index is 13.3. The van der Waals surface area contributed by atoms with Crippen LogP contribution in [0.25, 0.3) is 0 Å². The van der Waals surface area contributed by atoms with Gasteiger partial charge in [-0.3, -0.25) is 14.4 Å². The molecule has 3 aliphatic rings. The van der Waals surface area contributed by atoms with Crippen LogP contribution in [-0.2, 0) is 16.0 Å². The van der Waals surface area contributed by atoms with Crippen molar-refractivity contribution >= 4 is 39.8 Å². The highest BCUT2D eigenvalue weighted by molar-refractivity contribution is 7.16. The molecule has 3 aliphatic carbocycles. The Morgan fingerprint density at radius 3 is 2.26 bits per heavy atom. The molecule has 7 heteroatoms. The number of para-hydroxylation sites is 1. The second-order valence-electron chi connectivity index (χ2n) is 8.18. The predicted molar refractivity (Wildman–Crippen MR) is 121 cm³/mol. The maximum absolute atomic E-state index is 13.3. The van der Waals surface area contributed by atoms with Crippen LogP contribution in [0.15, 0.2) is 42.5 Å². The van der Waals surface area contributed by atoms with Crippen molar-refractivity contribution in [2.24, 2.45) is 23.7 Å². The van der Waals surface area contributed by atoms with Gasteiger partial charge in [-0.15, -0.1) is 11.3 Å². The topological polar surface area (TPSA) is 95.5 Å². The molecule has 162 valence electrons. The molecule has 0 unspecified atom stereocenters. The first kappa shape index (κ1) is 21.3. The molecule has 1 fully saturated rings. The first-order chi connectivity index (χ1) is 14.9. The van der Waals surface area contributed by atoms with Gasteiger partial charge in [0.2, 0.25) is 5.91 Å². The second kappa shape index (κ2) is 8.67. The first-order valence-electron chi connectivity index (χ1n) is 10.6. The van der Waals surface area contributed by atoms with Crippen molar-refractivity contribution < 1.29 is 19.5 Å². The van der Waals surface area contributed by atoms with E-state index in [2.05, 4.69) is 10.6 Å². The van der Waals surface area contributed by atoms with Crippen LogP contribution < -0.4 is 10.6 Å². The summed E-state index contributed by atoms with van der Waals surface area (Å²) in [5.41, 5.74) is 2.04. The number of thiophene rings is 1. The number of benzene rings is 1. The summed E-state index contributed by atoms with van der Waals surface area (Å²) in [5.74, 6) is -3.07. The number of hydrogen-bond donors (Lipinski definition) is 3. The number of carboxylic acid groups (broad SMARTS) is 1. The van der Waals surface area contributed by atoms with E-state index in [4.69, 9.17) is 0 Å². The van der Waals surface area contributed by atoms with E-state index in [1.165, 1.54) is 11.3 Å². The third-order valence-electron chi connectivity index (χ3n) is 6.39. The SMILES string of the molecule is CCc1c(C)sc(NC(=O)[C@@H]2[C@H](C(=O)O)[C@H]3C=C[C@H]2CC3)c1C(=O)Nc1ccccc1. The Balaban J connectivity index is 1.62. The molecular weight excluding hydrogens is 412 g/mol. The monoisotopic (exact) mass is 438 g/mol. The Morgan fingerprint density at radius 1 is 1.03 bits per heavy atom. The Hall–Kier alpha value is -2.93. The van der Waals surface area contributed by atoms with Crippen LogP contribution in [0.2, 0.25) is 0 Å². The predicted octanol–water partition coefficient (Wildman–Crippen LogP) is 4.72. The highest BCUT2D eigenvalue weighted by atomic mass is 32.1. The number of aryl methyl sites for hydroxylation is 1. The van der Waals surface area contributed by atoms with Gasteiger partial charge >= 0.3 is 5.97 Å². The molecule has 1 aromatic carbocycles. The molecule has 2 aromatic rings. The molecule has 3 N–H and O–H groups in total. The largest absolute Gasteiger partial charge is 0.481 e. The fourth-order valence-electron chi connectivity index (χ4n) is 4.93. The Morgan fingerprint density at radius 2 is 1.68 bits per heavy atom. The van der Waals surface area contributed by atoms with Crippen molar-refractivity contribution in [2.75, 3.05) is 10.6 Å². The van der Waals surface area contributed by atoms with E-state index in [1.54, 1.807) is 0 Å². The number of rotatable bonds is 6. The van der Waals surface area contributed by atoms with E-state index in [0.29, 0.717) is 22.7 Å². The third-order valence-corrected chi connectivity index (χ3v) is 7.46. The Bertz CT molecular complexity index is 1040. The average molecular weight is 439 g/mol. The number of carboxylic acids is 1. The number of hydrogen-bond acceptors (Lipinski definition) is 4. The number of amides is 2. The van der Waals surface area contributed by atoms with Crippen molar-refractivity contribution in [2.45, 2.75) is 33.1 Å². The normalized spacial score (nSPS) is 24.1. The molecule has 5 rings (SSSR count). The lowest BCUT2D eigenvalue weighted by Gasteiger charge is -2.41. The summed E-state index contributed by atoms with van der Waals surface area (Å²) in [4.78, 5) is 39.3. The van der Waals surface area contributed by atoms with Crippen LogP contribution in [0.5, 0.6) is 0 Å². The van der Waals surface area contributed by atoms with Gasteiger partial charge in [0.05, 0.1) is 17.4 Å². The van der Waals surface area contributed by atoms with E-state index in [9.17, 15) is 19.5 Å². The fourth-order valence-corrected chi connectivity index (χ4v) is 6.08. The van der Waals surface area contributed by atoms with Gasteiger partial charge < -0.3 is 15.7 Å². The maximum Gasteiger partial charge on any atom is 0.307 e. The minimum Gasteiger partial charge on any atom is -0.481 e. The van der Waals surface area contributed by atoms with Gasteiger partial charge in [0.15, 0.2) is 0 Å². The summed E-state index contributed by atoms with van der Waals surface area (Å²) >= 11 is 1.37. The van der Waals surface area contributed by atoms with Gasteiger partial charge in [-0.2, -0.15) is 0 Å². The van der Waals surface area contributed by atoms with Gasteiger partial charge in [0.25, 0.3) is 5.91 Å². The molecule has 0 radical (unpaired) electrons. The molecule has 1 heterocycles. The number of carbonyl (C=O) groups is 3. The van der Waals surface area contributed by atoms with E-state index < -0.39 is 17.8 Å². The van der Waals surface area contributed by atoms with Crippen LogP contribution in [0.3, 0.4) is 0 Å². The van der Waals surface area contributed by atoms with E-state index in [1.807, 2.05) is 56.3 Å². The summed E-state index contributed by atoms with van der Waals surface area (Å²) in [7, 11) is 0. The van der Waals surface area contributed by atoms with Crippen molar-refractivity contribution in [1.29, 1.82) is 0 Å². The number of anilines is 2. The minimum absolute atomic E-state index is 0.0839. The van der Waals surface area contributed by atoms with E-state index in [0.717, 1.165) is 23.3 Å². The smallest absolute Gasteiger partial charge is 0.307 e. The highest BCUT2D eigenvalue weighted by Gasteiger charge is 2.48. The summed E-state index contributed by atoms with van der Waals surface area (Å²) < 4.78 is 0. The highest BCUT2D eigenvalue weighted by Crippen LogP contribution is 2.46. The third kappa shape index (κ3) is 4.02. The molecule has 6 nitrogen and oxygen atoms in total. The zero-order valence-electron chi connectivity index (χ0n) is 17.6. The Labute approximate surface area is 185 Å². The van der Waals surface area contributed by atoms with Gasteiger partial charge in [-0.05, 0) is 55.7 Å². The molecule has 0 saturated heterocycles. The van der Waals surface area contributed by atoms with Crippen LogP contribution in [-0.4, -0.2) is 22.9 Å². The van der Waals surface area contributed by atoms with Crippen LogP contribution >= 0.6 is 11.3 Å². The molecule has 2 bridgehead atoms. The molecular formula is C24H26N2O4S. The molecule has 1 aromatic heterocycles. The lowest BCUT2D eigenvalue weighted by Crippen LogP contribution is -2.47. The standard InChI is InChI=1S/C24H26N2O4S/c1-3-17-13(2)31-23(20(17)22(28)25-16-7-5-4-6-8-16)26-21(27)18-14-9-11-15(12-10-14)19(18)24(29)30/h4-9,11,14-15,18-19H,3,10,12H2,1-2H3,(H,25,28)(H,26,27)(H,29,30)/t14-,15-,18-,19+/m0/s1. The van der Waals surface area contributed by atoms with Gasteiger partial charge in [-0.25, -0.2) is 0 Å². The van der Waals surface area contributed by atoms with Crippen LogP contribution in [0.1, 0.15) is 40.6 Å². The summed E-state index contributed by atoms with van der Waals surface area (Å²) in [6, 6.07) is 9.18. The van der Waals surface area contributed by atoms with E-state index >= 15 is 0 Å². The van der Waals surface area contributed by atoms with E-state index in [-0.39, 0.29) is 23.7 Å². The van der Waals surface area contributed by atoms with Gasteiger partial charge in [-0.1, -0.05) is 37.3 Å². The average Bonchev–Trinajstić information content (AvgIpc) is 3.09. The lowest BCUT2D eigenvalue weighted by atomic mass is 9.62. The minimum atomic E-state index is -0.933. The summed E-state index contributed by atoms with van der Waals surface area (Å²) in [6.07, 6.45) is 6.20. The van der Waals surface area contributed by atoms with Crippen molar-refractivity contribution in [1.82, 2.24) is 0 Å². The Kier molecular flexibility index (Phi) is 5.96.